The Balaban J connectivity index is 2.41. The number of fused-ring (bicyclic) bond motifs is 1. The van der Waals surface area contributed by atoms with Crippen LogP contribution in [0.3, 0.4) is 0 Å². The van der Waals surface area contributed by atoms with E-state index in [4.69, 9.17) is 0 Å². The summed E-state index contributed by atoms with van der Waals surface area (Å²) in [6.45, 7) is 6.31. The van der Waals surface area contributed by atoms with Crippen LogP contribution in [0.5, 0.6) is 0 Å². The molecular weight excluding hydrogens is 176 g/mol. The quantitative estimate of drug-likeness (QED) is 0.744. The van der Waals surface area contributed by atoms with E-state index in [0.717, 1.165) is 11.2 Å². The summed E-state index contributed by atoms with van der Waals surface area (Å²) in [6, 6.07) is 3.97. The smallest absolute Gasteiger partial charge is 0.243 e. The SMILES string of the molecule is C=CCNc1nc2c(C)cccn2n1. The van der Waals surface area contributed by atoms with Crippen molar-refractivity contribution in [2.45, 2.75) is 6.92 Å². The van der Waals surface area contributed by atoms with Gasteiger partial charge in [0.25, 0.3) is 0 Å². The molecule has 2 aromatic rings. The number of aryl methyl sites for hydroxylation is 1. The molecule has 4 heteroatoms. The zero-order chi connectivity index (χ0) is 9.97. The first-order valence-corrected chi connectivity index (χ1v) is 4.48. The maximum absolute atomic E-state index is 4.34. The third-order valence-corrected chi connectivity index (χ3v) is 1.96. The molecule has 0 fully saturated rings. The van der Waals surface area contributed by atoms with Gasteiger partial charge >= 0.3 is 0 Å². The van der Waals surface area contributed by atoms with Crippen LogP contribution in [-0.4, -0.2) is 21.1 Å². The van der Waals surface area contributed by atoms with Crippen molar-refractivity contribution in [3.63, 3.8) is 0 Å². The van der Waals surface area contributed by atoms with Gasteiger partial charge in [-0.25, -0.2) is 4.52 Å². The molecule has 0 aliphatic heterocycles. The minimum Gasteiger partial charge on any atom is -0.349 e. The molecule has 0 saturated heterocycles. The highest BCUT2D eigenvalue weighted by Gasteiger charge is 2.03. The Morgan fingerprint density at radius 3 is 3.21 bits per heavy atom. The van der Waals surface area contributed by atoms with E-state index in [1.54, 1.807) is 10.6 Å². The molecule has 0 amide bonds. The maximum atomic E-state index is 4.34. The van der Waals surface area contributed by atoms with Gasteiger partial charge in [-0.05, 0) is 18.6 Å². The lowest BCUT2D eigenvalue weighted by Gasteiger charge is -1.92. The van der Waals surface area contributed by atoms with Crippen molar-refractivity contribution in [2.75, 3.05) is 11.9 Å². The number of rotatable bonds is 3. The minimum atomic E-state index is 0.638. The molecule has 72 valence electrons. The summed E-state index contributed by atoms with van der Waals surface area (Å²) in [5, 5.41) is 7.31. The molecule has 0 radical (unpaired) electrons. The van der Waals surface area contributed by atoms with E-state index in [-0.39, 0.29) is 0 Å². The molecule has 14 heavy (non-hydrogen) atoms. The van der Waals surface area contributed by atoms with Gasteiger partial charge in [0.1, 0.15) is 0 Å². The third kappa shape index (κ3) is 1.46. The van der Waals surface area contributed by atoms with Crippen molar-refractivity contribution in [2.24, 2.45) is 0 Å². The number of nitrogens with zero attached hydrogens (tertiary/aromatic N) is 3. The maximum Gasteiger partial charge on any atom is 0.243 e. The van der Waals surface area contributed by atoms with Crippen LogP contribution in [0.4, 0.5) is 5.95 Å². The second-order valence-corrected chi connectivity index (χ2v) is 3.06. The molecule has 0 saturated carbocycles. The van der Waals surface area contributed by atoms with Gasteiger partial charge in [0.2, 0.25) is 5.95 Å². The van der Waals surface area contributed by atoms with Crippen LogP contribution < -0.4 is 5.32 Å². The summed E-state index contributed by atoms with van der Waals surface area (Å²) < 4.78 is 1.76. The molecule has 1 N–H and O–H groups in total. The molecule has 0 bridgehead atoms. The molecule has 0 aliphatic rings. The first-order valence-electron chi connectivity index (χ1n) is 4.48. The Kier molecular flexibility index (Phi) is 2.18. The largest absolute Gasteiger partial charge is 0.349 e. The lowest BCUT2D eigenvalue weighted by molar-refractivity contribution is 0.954. The van der Waals surface area contributed by atoms with E-state index in [0.29, 0.717) is 12.5 Å². The summed E-state index contributed by atoms with van der Waals surface area (Å²) in [7, 11) is 0. The highest BCUT2D eigenvalue weighted by molar-refractivity contribution is 5.49. The Morgan fingerprint density at radius 1 is 1.64 bits per heavy atom. The number of pyridine rings is 1. The van der Waals surface area contributed by atoms with Gasteiger partial charge in [-0.1, -0.05) is 12.1 Å². The summed E-state index contributed by atoms with van der Waals surface area (Å²) in [5.41, 5.74) is 2.01. The number of hydrogen-bond donors (Lipinski definition) is 1. The number of aromatic nitrogens is 3. The minimum absolute atomic E-state index is 0.638. The van der Waals surface area contributed by atoms with Crippen LogP contribution in [0.25, 0.3) is 5.65 Å². The third-order valence-electron chi connectivity index (χ3n) is 1.96. The van der Waals surface area contributed by atoms with Gasteiger partial charge in [-0.2, -0.15) is 4.98 Å². The van der Waals surface area contributed by atoms with E-state index in [1.165, 1.54) is 0 Å². The van der Waals surface area contributed by atoms with E-state index in [9.17, 15) is 0 Å². The van der Waals surface area contributed by atoms with Crippen molar-refractivity contribution >= 4 is 11.6 Å². The Hall–Kier alpha value is -1.84. The van der Waals surface area contributed by atoms with E-state index in [2.05, 4.69) is 22.0 Å². The van der Waals surface area contributed by atoms with Crippen LogP contribution in [-0.2, 0) is 0 Å². The Bertz CT molecular complexity index is 458. The predicted molar refractivity (Wildman–Crippen MR) is 56.4 cm³/mol. The van der Waals surface area contributed by atoms with Gasteiger partial charge in [-0.15, -0.1) is 11.7 Å². The van der Waals surface area contributed by atoms with Gasteiger partial charge in [0.05, 0.1) is 0 Å². The van der Waals surface area contributed by atoms with Crippen molar-refractivity contribution in [1.82, 2.24) is 14.6 Å². The molecule has 0 spiro atoms. The van der Waals surface area contributed by atoms with Crippen molar-refractivity contribution in [3.8, 4) is 0 Å². The Labute approximate surface area is 82.3 Å². The zero-order valence-electron chi connectivity index (χ0n) is 8.07. The summed E-state index contributed by atoms with van der Waals surface area (Å²) in [6.07, 6.45) is 3.66. The van der Waals surface area contributed by atoms with Crippen LogP contribution in [0, 0.1) is 6.92 Å². The molecular formula is C10H12N4. The molecule has 0 unspecified atom stereocenters. The lowest BCUT2D eigenvalue weighted by atomic mass is 10.3. The first kappa shape index (κ1) is 8.74. The summed E-state index contributed by atoms with van der Waals surface area (Å²) >= 11 is 0. The van der Waals surface area contributed by atoms with Gasteiger partial charge in [-0.3, -0.25) is 0 Å². The van der Waals surface area contributed by atoms with E-state index < -0.39 is 0 Å². The lowest BCUT2D eigenvalue weighted by Crippen LogP contribution is -1.99. The summed E-state index contributed by atoms with van der Waals surface area (Å²) in [5.74, 6) is 0.638. The molecule has 2 rings (SSSR count). The van der Waals surface area contributed by atoms with Crippen LogP contribution in [0.1, 0.15) is 5.56 Å². The highest BCUT2D eigenvalue weighted by atomic mass is 15.3. The average molecular weight is 188 g/mol. The number of nitrogens with one attached hydrogen (secondary N) is 1. The fourth-order valence-corrected chi connectivity index (χ4v) is 1.28. The molecule has 2 heterocycles. The fourth-order valence-electron chi connectivity index (χ4n) is 1.28. The van der Waals surface area contributed by atoms with Crippen LogP contribution in [0.15, 0.2) is 31.0 Å². The zero-order valence-corrected chi connectivity index (χ0v) is 8.07. The molecule has 0 aliphatic carbocycles. The van der Waals surface area contributed by atoms with Crippen molar-refractivity contribution in [1.29, 1.82) is 0 Å². The van der Waals surface area contributed by atoms with Gasteiger partial charge < -0.3 is 5.32 Å². The molecule has 0 atom stereocenters. The predicted octanol–water partition coefficient (Wildman–Crippen LogP) is 1.64. The molecule has 2 aromatic heterocycles. The second kappa shape index (κ2) is 3.49. The van der Waals surface area contributed by atoms with E-state index >= 15 is 0 Å². The fraction of sp³-hybridized carbons (Fsp3) is 0.200. The average Bonchev–Trinajstić information content (AvgIpc) is 2.59. The van der Waals surface area contributed by atoms with Crippen LogP contribution in [0.2, 0.25) is 0 Å². The van der Waals surface area contributed by atoms with Crippen molar-refractivity contribution < 1.29 is 0 Å². The van der Waals surface area contributed by atoms with Crippen molar-refractivity contribution in [3.05, 3.63) is 36.5 Å². The van der Waals surface area contributed by atoms with Gasteiger partial charge in [0.15, 0.2) is 5.65 Å². The second-order valence-electron chi connectivity index (χ2n) is 3.06. The Morgan fingerprint density at radius 2 is 2.50 bits per heavy atom. The van der Waals surface area contributed by atoms with Gasteiger partial charge in [0, 0.05) is 12.7 Å². The highest BCUT2D eigenvalue weighted by Crippen LogP contribution is 2.09. The topological polar surface area (TPSA) is 42.2 Å². The first-order chi connectivity index (χ1) is 6.81. The summed E-state index contributed by atoms with van der Waals surface area (Å²) in [4.78, 5) is 4.34. The number of anilines is 1. The number of hydrogen-bond acceptors (Lipinski definition) is 3. The monoisotopic (exact) mass is 188 g/mol. The molecule has 0 aromatic carbocycles. The normalized spacial score (nSPS) is 10.4. The van der Waals surface area contributed by atoms with Crippen LogP contribution >= 0.6 is 0 Å². The van der Waals surface area contributed by atoms with E-state index in [1.807, 2.05) is 25.3 Å². The standard InChI is InChI=1S/C10H12N4/c1-3-6-11-10-12-9-8(2)5-4-7-14(9)13-10/h3-5,7H,1,6H2,2H3,(H,11,13). The molecule has 4 nitrogen and oxygen atoms in total.